The Hall–Kier alpha value is -1.71. The lowest BCUT2D eigenvalue weighted by Crippen LogP contribution is -2.17. The Balaban J connectivity index is 0.00000144. The highest BCUT2D eigenvalue weighted by molar-refractivity contribution is 6.16. The Kier molecular flexibility index (Phi) is 6.32. The van der Waals surface area contributed by atoms with E-state index in [1.807, 2.05) is 6.07 Å². The maximum Gasteiger partial charge on any atom is 0.125 e. The number of hydrogen-bond acceptors (Lipinski definition) is 1. The van der Waals surface area contributed by atoms with Crippen LogP contribution in [0.3, 0.4) is 0 Å². The van der Waals surface area contributed by atoms with E-state index in [0.29, 0.717) is 11.8 Å². The first kappa shape index (κ1) is 20.3. The maximum absolute atomic E-state index is 8.12. The number of benzene rings is 2. The summed E-state index contributed by atoms with van der Waals surface area (Å²) in [5, 5.41) is 10.5. The minimum Gasteiger partial charge on any atom is -0.384 e. The van der Waals surface area contributed by atoms with Crippen molar-refractivity contribution in [3.63, 3.8) is 0 Å². The lowest BCUT2D eigenvalue weighted by Gasteiger charge is -2.21. The lowest BCUT2D eigenvalue weighted by molar-refractivity contribution is 0.790. The number of rotatable bonds is 3. The van der Waals surface area contributed by atoms with Gasteiger partial charge < -0.3 is 10.7 Å². The third-order valence-corrected chi connectivity index (χ3v) is 4.35. The third kappa shape index (κ3) is 3.11. The Bertz CT molecular complexity index is 879. The van der Waals surface area contributed by atoms with E-state index in [1.54, 1.807) is 0 Å². The number of para-hydroxylation sites is 1. The molecule has 0 fully saturated rings. The zero-order valence-corrected chi connectivity index (χ0v) is 16.1. The maximum atomic E-state index is 8.12. The largest absolute Gasteiger partial charge is 0.384 e. The predicted molar refractivity (Wildman–Crippen MR) is 109 cm³/mol. The molecule has 0 saturated carbocycles. The molecule has 4 N–H and O–H groups in total. The number of hydrogen-bond donors (Lipinski definition) is 3. The number of nitrogens with two attached hydrogens (primary N) is 1. The van der Waals surface area contributed by atoms with Crippen LogP contribution in [0.1, 0.15) is 56.2 Å². The third-order valence-electron chi connectivity index (χ3n) is 4.35. The fourth-order valence-electron chi connectivity index (χ4n) is 3.40. The van der Waals surface area contributed by atoms with Crippen LogP contribution in [0.25, 0.3) is 21.8 Å². The van der Waals surface area contributed by atoms with Gasteiger partial charge in [0.15, 0.2) is 0 Å². The van der Waals surface area contributed by atoms with Gasteiger partial charge in [0, 0.05) is 21.9 Å². The van der Waals surface area contributed by atoms with Crippen molar-refractivity contribution in [1.82, 2.24) is 4.98 Å². The SMILES string of the molecule is CC(C)c1cc2c([nH]c3ccccc32)c(C(=N)N)c1C(C)C.Cl.Cl. The summed E-state index contributed by atoms with van der Waals surface area (Å²) in [6.07, 6.45) is 0. The molecule has 1 heterocycles. The lowest BCUT2D eigenvalue weighted by atomic mass is 9.84. The average molecular weight is 366 g/mol. The molecule has 3 nitrogen and oxygen atoms in total. The van der Waals surface area contributed by atoms with Gasteiger partial charge in [0.05, 0.1) is 5.52 Å². The zero-order valence-electron chi connectivity index (χ0n) is 14.4. The monoisotopic (exact) mass is 365 g/mol. The highest BCUT2D eigenvalue weighted by atomic mass is 35.5. The number of nitrogen functional groups attached to an aromatic ring is 1. The second kappa shape index (κ2) is 7.45. The molecule has 0 bridgehead atoms. The fraction of sp³-hybridized carbons (Fsp3) is 0.316. The Morgan fingerprint density at radius 2 is 1.62 bits per heavy atom. The summed E-state index contributed by atoms with van der Waals surface area (Å²) < 4.78 is 0. The van der Waals surface area contributed by atoms with Gasteiger partial charge >= 0.3 is 0 Å². The smallest absolute Gasteiger partial charge is 0.125 e. The molecule has 0 amide bonds. The number of halogens is 2. The van der Waals surface area contributed by atoms with Crippen molar-refractivity contribution >= 4 is 52.5 Å². The van der Waals surface area contributed by atoms with Gasteiger partial charge in [-0.25, -0.2) is 0 Å². The van der Waals surface area contributed by atoms with Gasteiger partial charge in [0.1, 0.15) is 5.84 Å². The molecule has 1 aromatic heterocycles. The minimum absolute atomic E-state index is 0. The van der Waals surface area contributed by atoms with Gasteiger partial charge in [-0.1, -0.05) is 45.9 Å². The molecule has 0 aliphatic heterocycles. The van der Waals surface area contributed by atoms with Crippen LogP contribution in [-0.2, 0) is 0 Å². The summed E-state index contributed by atoms with van der Waals surface area (Å²) >= 11 is 0. The number of aromatic amines is 1. The van der Waals surface area contributed by atoms with Crippen LogP contribution in [0.5, 0.6) is 0 Å². The van der Waals surface area contributed by atoms with E-state index in [9.17, 15) is 0 Å². The van der Waals surface area contributed by atoms with E-state index in [-0.39, 0.29) is 30.6 Å². The molecule has 130 valence electrons. The summed E-state index contributed by atoms with van der Waals surface area (Å²) in [6, 6.07) is 10.5. The highest BCUT2D eigenvalue weighted by Crippen LogP contribution is 2.37. The van der Waals surface area contributed by atoms with Gasteiger partial charge in [-0.2, -0.15) is 0 Å². The molecule has 24 heavy (non-hydrogen) atoms. The van der Waals surface area contributed by atoms with Crippen LogP contribution in [0.15, 0.2) is 30.3 Å². The number of fused-ring (bicyclic) bond motifs is 3. The molecule has 3 aromatic rings. The second-order valence-electron chi connectivity index (χ2n) is 6.57. The van der Waals surface area contributed by atoms with Crippen molar-refractivity contribution in [2.75, 3.05) is 0 Å². The van der Waals surface area contributed by atoms with Crippen molar-refractivity contribution in [2.24, 2.45) is 5.73 Å². The minimum atomic E-state index is 0. The zero-order chi connectivity index (χ0) is 16.0. The Morgan fingerprint density at radius 3 is 2.17 bits per heavy atom. The molecule has 5 heteroatoms. The molecule has 0 atom stereocenters. The van der Waals surface area contributed by atoms with Crippen LogP contribution in [0, 0.1) is 5.41 Å². The fourth-order valence-corrected chi connectivity index (χ4v) is 3.40. The van der Waals surface area contributed by atoms with Gasteiger partial charge in [0.2, 0.25) is 0 Å². The molecule has 0 unspecified atom stereocenters. The van der Waals surface area contributed by atoms with Crippen molar-refractivity contribution < 1.29 is 0 Å². The number of H-pyrrole nitrogens is 1. The quantitative estimate of drug-likeness (QED) is 0.404. The van der Waals surface area contributed by atoms with E-state index in [0.717, 1.165) is 22.0 Å². The molecule has 0 aliphatic carbocycles. The summed E-state index contributed by atoms with van der Waals surface area (Å²) in [5.41, 5.74) is 11.4. The standard InChI is InChI=1S/C19H23N3.2ClH/c1-10(2)13-9-14-12-7-5-6-8-15(12)22-18(14)17(19(20)21)16(13)11(3)4;;/h5-11,22H,1-4H3,(H3,20,21);2*1H. The number of nitrogens with one attached hydrogen (secondary N) is 2. The first-order valence-electron chi connectivity index (χ1n) is 7.83. The van der Waals surface area contributed by atoms with Gasteiger partial charge in [-0.15, -0.1) is 24.8 Å². The van der Waals surface area contributed by atoms with Crippen LogP contribution in [0.4, 0.5) is 0 Å². The van der Waals surface area contributed by atoms with E-state index in [2.05, 4.69) is 56.9 Å². The van der Waals surface area contributed by atoms with Crippen LogP contribution in [0.2, 0.25) is 0 Å². The van der Waals surface area contributed by atoms with E-state index < -0.39 is 0 Å². The highest BCUT2D eigenvalue weighted by Gasteiger charge is 2.21. The summed E-state index contributed by atoms with van der Waals surface area (Å²) in [4.78, 5) is 3.47. The molecule has 0 spiro atoms. The van der Waals surface area contributed by atoms with Crippen molar-refractivity contribution in [1.29, 1.82) is 5.41 Å². The predicted octanol–water partition coefficient (Wildman–Crippen LogP) is 5.70. The molecule has 0 aliphatic rings. The van der Waals surface area contributed by atoms with Gasteiger partial charge in [-0.3, -0.25) is 5.41 Å². The first-order valence-corrected chi connectivity index (χ1v) is 7.83. The van der Waals surface area contributed by atoms with Crippen molar-refractivity contribution in [3.05, 3.63) is 47.0 Å². The van der Waals surface area contributed by atoms with Crippen LogP contribution in [-0.4, -0.2) is 10.8 Å². The van der Waals surface area contributed by atoms with Gasteiger partial charge in [0.25, 0.3) is 0 Å². The van der Waals surface area contributed by atoms with Crippen molar-refractivity contribution in [3.8, 4) is 0 Å². The molecule has 2 aromatic carbocycles. The van der Waals surface area contributed by atoms with Crippen LogP contribution < -0.4 is 5.73 Å². The summed E-state index contributed by atoms with van der Waals surface area (Å²) in [5.74, 6) is 0.864. The van der Waals surface area contributed by atoms with Crippen LogP contribution >= 0.6 is 24.8 Å². The van der Waals surface area contributed by atoms with Crippen molar-refractivity contribution in [2.45, 2.75) is 39.5 Å². The molecule has 3 rings (SSSR count). The van der Waals surface area contributed by atoms with Gasteiger partial charge in [-0.05, 0) is 35.1 Å². The first-order chi connectivity index (χ1) is 10.4. The normalized spacial score (nSPS) is 10.9. The van der Waals surface area contributed by atoms with E-state index in [4.69, 9.17) is 11.1 Å². The number of amidine groups is 1. The van der Waals surface area contributed by atoms with E-state index in [1.165, 1.54) is 16.5 Å². The molecule has 0 saturated heterocycles. The Labute approximate surface area is 155 Å². The summed E-state index contributed by atoms with van der Waals surface area (Å²) in [6.45, 7) is 8.74. The average Bonchev–Trinajstić information content (AvgIpc) is 2.82. The summed E-state index contributed by atoms with van der Waals surface area (Å²) in [7, 11) is 0. The molecule has 0 radical (unpaired) electrons. The molecular weight excluding hydrogens is 341 g/mol. The molecular formula is C19H25Cl2N3. The second-order valence-corrected chi connectivity index (χ2v) is 6.57. The topological polar surface area (TPSA) is 65.7 Å². The Morgan fingerprint density at radius 1 is 1.00 bits per heavy atom. The van der Waals surface area contributed by atoms with E-state index >= 15 is 0 Å². The number of aromatic nitrogens is 1.